The molecule has 0 saturated carbocycles. The van der Waals surface area contributed by atoms with Crippen molar-refractivity contribution in [1.82, 2.24) is 4.98 Å². The lowest BCUT2D eigenvalue weighted by molar-refractivity contribution is 0.242. The average Bonchev–Trinajstić information content (AvgIpc) is 2.97. The van der Waals surface area contributed by atoms with Crippen molar-refractivity contribution in [2.45, 2.75) is 52.2 Å². The molecule has 6 nitrogen and oxygen atoms in total. The minimum Gasteiger partial charge on any atom is -0.491 e. The highest BCUT2D eigenvalue weighted by Gasteiger charge is 2.10. The average molecular weight is 382 g/mol. The Bertz CT molecular complexity index is 748. The van der Waals surface area contributed by atoms with Gasteiger partial charge in [-0.3, -0.25) is 0 Å². The highest BCUT2D eigenvalue weighted by molar-refractivity contribution is 5.92. The molecule has 0 spiro atoms. The molecular weight excluding hydrogens is 350 g/mol. The number of hydrogen-bond donors (Lipinski definition) is 2. The molecule has 0 atom stereocenters. The van der Waals surface area contributed by atoms with Crippen LogP contribution in [0.3, 0.4) is 0 Å². The van der Waals surface area contributed by atoms with Crippen molar-refractivity contribution >= 4 is 17.5 Å². The number of anilines is 2. The summed E-state index contributed by atoms with van der Waals surface area (Å²) in [6, 6.07) is 11.9. The number of guanidine groups is 1. The fourth-order valence-corrected chi connectivity index (χ4v) is 3.25. The van der Waals surface area contributed by atoms with Crippen LogP contribution in [0.15, 0.2) is 47.6 Å². The van der Waals surface area contributed by atoms with Gasteiger partial charge < -0.3 is 20.7 Å². The Labute approximate surface area is 167 Å². The molecule has 1 aliphatic rings. The molecule has 1 aromatic heterocycles. The molecule has 2 aromatic rings. The first-order valence-corrected chi connectivity index (χ1v) is 10.1. The summed E-state index contributed by atoms with van der Waals surface area (Å²) in [4.78, 5) is 11.4. The predicted octanol–water partition coefficient (Wildman–Crippen LogP) is 4.18. The fourth-order valence-electron chi connectivity index (χ4n) is 3.25. The Hall–Kier alpha value is -2.76. The summed E-state index contributed by atoms with van der Waals surface area (Å²) in [5.74, 6) is 2.28. The lowest BCUT2D eigenvalue weighted by Gasteiger charge is -2.21. The van der Waals surface area contributed by atoms with E-state index < -0.39 is 0 Å². The SMILES string of the molecule is CC(C)Oc1ccc(NC(N)=NCc2ccc(N3CCCCCC3)nc2)cc1. The van der Waals surface area contributed by atoms with Crippen LogP contribution in [-0.2, 0) is 6.54 Å². The molecule has 0 bridgehead atoms. The second-order valence-corrected chi connectivity index (χ2v) is 7.44. The summed E-state index contributed by atoms with van der Waals surface area (Å²) in [7, 11) is 0. The number of benzene rings is 1. The summed E-state index contributed by atoms with van der Waals surface area (Å²) in [6.07, 6.45) is 7.20. The van der Waals surface area contributed by atoms with Crippen LogP contribution in [0.4, 0.5) is 11.5 Å². The van der Waals surface area contributed by atoms with Crippen LogP contribution >= 0.6 is 0 Å². The van der Waals surface area contributed by atoms with Crippen LogP contribution in [0.1, 0.15) is 45.1 Å². The van der Waals surface area contributed by atoms with Crippen LogP contribution in [-0.4, -0.2) is 30.1 Å². The van der Waals surface area contributed by atoms with Crippen LogP contribution < -0.4 is 20.7 Å². The normalized spacial score (nSPS) is 15.4. The molecule has 1 fully saturated rings. The number of nitrogens with one attached hydrogen (secondary N) is 1. The predicted molar refractivity (Wildman–Crippen MR) is 116 cm³/mol. The number of nitrogens with zero attached hydrogens (tertiary/aromatic N) is 3. The number of aromatic nitrogens is 1. The smallest absolute Gasteiger partial charge is 0.193 e. The standard InChI is InChI=1S/C22H31N5O/c1-17(2)28-20-10-8-19(9-11-20)26-22(23)25-16-18-7-12-21(24-15-18)27-13-5-3-4-6-14-27/h7-12,15,17H,3-6,13-14,16H2,1-2H3,(H3,23,25,26). The molecular formula is C22H31N5O. The van der Waals surface area contributed by atoms with Gasteiger partial charge in [0, 0.05) is 25.0 Å². The summed E-state index contributed by atoms with van der Waals surface area (Å²) >= 11 is 0. The first-order valence-electron chi connectivity index (χ1n) is 10.1. The largest absolute Gasteiger partial charge is 0.491 e. The maximum atomic E-state index is 6.02. The Morgan fingerprint density at radius 3 is 2.43 bits per heavy atom. The molecule has 6 heteroatoms. The van der Waals surface area contributed by atoms with E-state index in [0.29, 0.717) is 12.5 Å². The molecule has 0 radical (unpaired) electrons. The minimum absolute atomic E-state index is 0.157. The molecule has 3 N–H and O–H groups in total. The number of hydrogen-bond acceptors (Lipinski definition) is 4. The summed E-state index contributed by atoms with van der Waals surface area (Å²) in [5, 5.41) is 3.11. The van der Waals surface area contributed by atoms with Gasteiger partial charge in [-0.1, -0.05) is 18.9 Å². The highest BCUT2D eigenvalue weighted by Crippen LogP contribution is 2.18. The lowest BCUT2D eigenvalue weighted by Crippen LogP contribution is -2.24. The van der Waals surface area contributed by atoms with Crippen LogP contribution in [0.5, 0.6) is 5.75 Å². The zero-order chi connectivity index (χ0) is 19.8. The van der Waals surface area contributed by atoms with Gasteiger partial charge in [-0.25, -0.2) is 9.98 Å². The highest BCUT2D eigenvalue weighted by atomic mass is 16.5. The molecule has 28 heavy (non-hydrogen) atoms. The molecule has 1 aliphatic heterocycles. The van der Waals surface area contributed by atoms with E-state index in [9.17, 15) is 0 Å². The Balaban J connectivity index is 1.52. The molecule has 1 saturated heterocycles. The van der Waals surface area contributed by atoms with E-state index >= 15 is 0 Å². The Morgan fingerprint density at radius 2 is 1.82 bits per heavy atom. The quantitative estimate of drug-likeness (QED) is 0.580. The monoisotopic (exact) mass is 381 g/mol. The van der Waals surface area contributed by atoms with Crippen molar-refractivity contribution in [3.8, 4) is 5.75 Å². The maximum absolute atomic E-state index is 6.02. The second-order valence-electron chi connectivity index (χ2n) is 7.44. The zero-order valence-corrected chi connectivity index (χ0v) is 16.9. The molecule has 0 unspecified atom stereocenters. The molecule has 0 amide bonds. The number of nitrogens with two attached hydrogens (primary N) is 1. The Kier molecular flexibility index (Phi) is 7.12. The summed E-state index contributed by atoms with van der Waals surface area (Å²) in [6.45, 7) is 6.71. The summed E-state index contributed by atoms with van der Waals surface area (Å²) < 4.78 is 5.64. The van der Waals surface area contributed by atoms with Gasteiger partial charge in [0.1, 0.15) is 11.6 Å². The topological polar surface area (TPSA) is 75.8 Å². The molecule has 0 aliphatic carbocycles. The lowest BCUT2D eigenvalue weighted by atomic mass is 10.2. The van der Waals surface area contributed by atoms with Crippen molar-refractivity contribution in [3.05, 3.63) is 48.2 Å². The number of rotatable bonds is 6. The molecule has 1 aromatic carbocycles. The van der Waals surface area contributed by atoms with Gasteiger partial charge in [-0.15, -0.1) is 0 Å². The zero-order valence-electron chi connectivity index (χ0n) is 16.9. The van der Waals surface area contributed by atoms with E-state index in [2.05, 4.69) is 32.3 Å². The van der Waals surface area contributed by atoms with Crippen molar-refractivity contribution < 1.29 is 4.74 Å². The fraction of sp³-hybridized carbons (Fsp3) is 0.455. The second kappa shape index (κ2) is 9.97. The van der Waals surface area contributed by atoms with E-state index in [0.717, 1.165) is 35.9 Å². The van der Waals surface area contributed by atoms with Gasteiger partial charge >= 0.3 is 0 Å². The maximum Gasteiger partial charge on any atom is 0.193 e. The van der Waals surface area contributed by atoms with Gasteiger partial charge in [0.15, 0.2) is 5.96 Å². The van der Waals surface area contributed by atoms with Gasteiger partial charge in [0.25, 0.3) is 0 Å². The van der Waals surface area contributed by atoms with Crippen LogP contribution in [0.25, 0.3) is 0 Å². The van der Waals surface area contributed by atoms with Gasteiger partial charge in [0.05, 0.1) is 12.6 Å². The van der Waals surface area contributed by atoms with E-state index in [1.165, 1.54) is 25.7 Å². The third-order valence-corrected chi connectivity index (χ3v) is 4.67. The van der Waals surface area contributed by atoms with Gasteiger partial charge in [0.2, 0.25) is 0 Å². The summed E-state index contributed by atoms with van der Waals surface area (Å²) in [5.41, 5.74) is 7.94. The molecule has 150 valence electrons. The minimum atomic E-state index is 0.157. The Morgan fingerprint density at radius 1 is 1.11 bits per heavy atom. The number of ether oxygens (including phenoxy) is 1. The van der Waals surface area contributed by atoms with Crippen molar-refractivity contribution in [2.75, 3.05) is 23.3 Å². The van der Waals surface area contributed by atoms with Crippen molar-refractivity contribution in [1.29, 1.82) is 0 Å². The van der Waals surface area contributed by atoms with E-state index in [1.54, 1.807) is 0 Å². The number of pyridine rings is 1. The first-order chi connectivity index (χ1) is 13.6. The van der Waals surface area contributed by atoms with Gasteiger partial charge in [-0.2, -0.15) is 0 Å². The van der Waals surface area contributed by atoms with E-state index in [-0.39, 0.29) is 6.10 Å². The van der Waals surface area contributed by atoms with E-state index in [1.807, 2.05) is 44.3 Å². The first kappa shape index (κ1) is 20.0. The molecule has 3 rings (SSSR count). The van der Waals surface area contributed by atoms with Crippen molar-refractivity contribution in [3.63, 3.8) is 0 Å². The number of aliphatic imine (C=N–C) groups is 1. The van der Waals surface area contributed by atoms with Gasteiger partial charge in [-0.05, 0) is 62.6 Å². The van der Waals surface area contributed by atoms with Crippen LogP contribution in [0.2, 0.25) is 0 Å². The molecule has 2 heterocycles. The third-order valence-electron chi connectivity index (χ3n) is 4.67. The van der Waals surface area contributed by atoms with Crippen molar-refractivity contribution in [2.24, 2.45) is 10.7 Å². The van der Waals surface area contributed by atoms with E-state index in [4.69, 9.17) is 10.5 Å². The third kappa shape index (κ3) is 6.15. The van der Waals surface area contributed by atoms with Crippen LogP contribution in [0, 0.1) is 0 Å².